The molecule has 0 aromatic carbocycles. The number of hydrogen-bond donors (Lipinski definition) is 1. The number of anilines is 1. The second-order valence-corrected chi connectivity index (χ2v) is 3.77. The molecule has 0 saturated carbocycles. The Morgan fingerprint density at radius 1 is 1.24 bits per heavy atom. The fourth-order valence-electron chi connectivity index (χ4n) is 1.58. The van der Waals surface area contributed by atoms with Crippen LogP contribution in [0, 0.1) is 0 Å². The standard InChI is InChI=1S/C12H17N5/c1-3-5-14-12-11(13-6-7-15-12)10-8-16-17(4-2)9-10/h6-9H,3-5H2,1-2H3,(H,14,15). The smallest absolute Gasteiger partial charge is 0.152 e. The summed E-state index contributed by atoms with van der Waals surface area (Å²) in [7, 11) is 0. The average molecular weight is 231 g/mol. The van der Waals surface area contributed by atoms with E-state index in [1.165, 1.54) is 0 Å². The summed E-state index contributed by atoms with van der Waals surface area (Å²) in [6, 6.07) is 0. The van der Waals surface area contributed by atoms with Crippen LogP contribution >= 0.6 is 0 Å². The lowest BCUT2D eigenvalue weighted by atomic mass is 10.2. The largest absolute Gasteiger partial charge is 0.368 e. The summed E-state index contributed by atoms with van der Waals surface area (Å²) >= 11 is 0. The highest BCUT2D eigenvalue weighted by Gasteiger charge is 2.08. The molecule has 2 heterocycles. The summed E-state index contributed by atoms with van der Waals surface area (Å²) in [5.74, 6) is 0.824. The molecule has 0 bridgehead atoms. The monoisotopic (exact) mass is 231 g/mol. The molecule has 0 saturated heterocycles. The quantitative estimate of drug-likeness (QED) is 0.857. The van der Waals surface area contributed by atoms with Gasteiger partial charge >= 0.3 is 0 Å². The zero-order chi connectivity index (χ0) is 12.1. The molecule has 2 aromatic heterocycles. The summed E-state index contributed by atoms with van der Waals surface area (Å²) in [6.45, 7) is 5.94. The molecule has 0 spiro atoms. The van der Waals surface area contributed by atoms with E-state index >= 15 is 0 Å². The van der Waals surface area contributed by atoms with Crippen molar-refractivity contribution < 1.29 is 0 Å². The maximum Gasteiger partial charge on any atom is 0.152 e. The van der Waals surface area contributed by atoms with Gasteiger partial charge in [-0.15, -0.1) is 0 Å². The Hall–Kier alpha value is -1.91. The minimum Gasteiger partial charge on any atom is -0.368 e. The zero-order valence-corrected chi connectivity index (χ0v) is 10.2. The van der Waals surface area contributed by atoms with Gasteiger partial charge in [-0.2, -0.15) is 5.10 Å². The lowest BCUT2D eigenvalue weighted by Crippen LogP contribution is -2.04. The molecule has 0 fully saturated rings. The van der Waals surface area contributed by atoms with E-state index in [2.05, 4.69) is 34.2 Å². The molecule has 5 heteroatoms. The highest BCUT2D eigenvalue weighted by atomic mass is 15.3. The molecule has 0 unspecified atom stereocenters. The number of aryl methyl sites for hydroxylation is 1. The Balaban J connectivity index is 2.30. The Kier molecular flexibility index (Phi) is 3.69. The van der Waals surface area contributed by atoms with Gasteiger partial charge in [0.05, 0.1) is 6.20 Å². The van der Waals surface area contributed by atoms with Gasteiger partial charge < -0.3 is 5.32 Å². The molecule has 0 atom stereocenters. The summed E-state index contributed by atoms with van der Waals surface area (Å²) in [6.07, 6.45) is 8.28. The number of hydrogen-bond acceptors (Lipinski definition) is 4. The fraction of sp³-hybridized carbons (Fsp3) is 0.417. The van der Waals surface area contributed by atoms with E-state index in [0.29, 0.717) is 0 Å². The maximum atomic E-state index is 4.37. The lowest BCUT2D eigenvalue weighted by Gasteiger charge is -2.07. The number of nitrogens with one attached hydrogen (secondary N) is 1. The van der Waals surface area contributed by atoms with Crippen molar-refractivity contribution in [2.75, 3.05) is 11.9 Å². The van der Waals surface area contributed by atoms with Crippen LogP contribution in [-0.2, 0) is 6.54 Å². The van der Waals surface area contributed by atoms with Gasteiger partial charge in [-0.3, -0.25) is 9.67 Å². The van der Waals surface area contributed by atoms with Gasteiger partial charge in [0.2, 0.25) is 0 Å². The van der Waals surface area contributed by atoms with E-state index in [0.717, 1.165) is 36.6 Å². The minimum absolute atomic E-state index is 0.824. The van der Waals surface area contributed by atoms with Crippen LogP contribution in [0.2, 0.25) is 0 Å². The highest BCUT2D eigenvalue weighted by molar-refractivity contribution is 5.69. The Morgan fingerprint density at radius 2 is 2.06 bits per heavy atom. The van der Waals surface area contributed by atoms with Crippen molar-refractivity contribution in [1.29, 1.82) is 0 Å². The van der Waals surface area contributed by atoms with E-state index in [9.17, 15) is 0 Å². The molecule has 0 amide bonds. The second-order valence-electron chi connectivity index (χ2n) is 3.77. The van der Waals surface area contributed by atoms with E-state index in [4.69, 9.17) is 0 Å². The third-order valence-electron chi connectivity index (χ3n) is 2.47. The first-order valence-corrected chi connectivity index (χ1v) is 5.92. The van der Waals surface area contributed by atoms with Crippen molar-refractivity contribution >= 4 is 5.82 Å². The first-order chi connectivity index (χ1) is 8.35. The van der Waals surface area contributed by atoms with E-state index in [-0.39, 0.29) is 0 Å². The van der Waals surface area contributed by atoms with Crippen LogP contribution in [0.3, 0.4) is 0 Å². The van der Waals surface area contributed by atoms with Crippen LogP contribution in [0.25, 0.3) is 11.3 Å². The lowest BCUT2D eigenvalue weighted by molar-refractivity contribution is 0.660. The molecule has 2 rings (SSSR count). The third-order valence-corrected chi connectivity index (χ3v) is 2.47. The number of aromatic nitrogens is 4. The maximum absolute atomic E-state index is 4.37. The van der Waals surface area contributed by atoms with Crippen molar-refractivity contribution in [3.8, 4) is 11.3 Å². The van der Waals surface area contributed by atoms with Gasteiger partial charge in [0.25, 0.3) is 0 Å². The van der Waals surface area contributed by atoms with Crippen molar-refractivity contribution in [2.45, 2.75) is 26.8 Å². The first-order valence-electron chi connectivity index (χ1n) is 5.92. The molecule has 90 valence electrons. The first kappa shape index (κ1) is 11.6. The van der Waals surface area contributed by atoms with E-state index < -0.39 is 0 Å². The number of nitrogens with zero attached hydrogens (tertiary/aromatic N) is 4. The van der Waals surface area contributed by atoms with Crippen LogP contribution in [0.1, 0.15) is 20.3 Å². The van der Waals surface area contributed by atoms with Gasteiger partial charge in [-0.05, 0) is 13.3 Å². The predicted molar refractivity (Wildman–Crippen MR) is 67.7 cm³/mol. The molecule has 1 N–H and O–H groups in total. The van der Waals surface area contributed by atoms with Gasteiger partial charge in [-0.1, -0.05) is 6.92 Å². The van der Waals surface area contributed by atoms with Gasteiger partial charge in [0, 0.05) is 37.2 Å². The van der Waals surface area contributed by atoms with Gasteiger partial charge in [0.15, 0.2) is 5.82 Å². The molecular weight excluding hydrogens is 214 g/mol. The average Bonchev–Trinajstić information content (AvgIpc) is 2.85. The van der Waals surface area contributed by atoms with Crippen molar-refractivity contribution in [3.05, 3.63) is 24.8 Å². The molecule has 17 heavy (non-hydrogen) atoms. The summed E-state index contributed by atoms with van der Waals surface area (Å²) < 4.78 is 1.88. The van der Waals surface area contributed by atoms with E-state index in [1.54, 1.807) is 12.4 Å². The Labute approximate surface area is 101 Å². The molecule has 0 aliphatic heterocycles. The Bertz CT molecular complexity index is 477. The zero-order valence-electron chi connectivity index (χ0n) is 10.2. The van der Waals surface area contributed by atoms with Gasteiger partial charge in [0.1, 0.15) is 5.69 Å². The van der Waals surface area contributed by atoms with Crippen molar-refractivity contribution in [2.24, 2.45) is 0 Å². The number of rotatable bonds is 5. The van der Waals surface area contributed by atoms with Crippen LogP contribution in [0.5, 0.6) is 0 Å². The second kappa shape index (κ2) is 5.43. The fourth-order valence-corrected chi connectivity index (χ4v) is 1.58. The third kappa shape index (κ3) is 2.61. The molecule has 2 aromatic rings. The van der Waals surface area contributed by atoms with Crippen LogP contribution < -0.4 is 5.32 Å². The van der Waals surface area contributed by atoms with Crippen LogP contribution in [0.15, 0.2) is 24.8 Å². The van der Waals surface area contributed by atoms with Crippen molar-refractivity contribution in [3.63, 3.8) is 0 Å². The molecule has 0 aliphatic rings. The summed E-state index contributed by atoms with van der Waals surface area (Å²) in [5.41, 5.74) is 1.86. The van der Waals surface area contributed by atoms with E-state index in [1.807, 2.05) is 17.1 Å². The highest BCUT2D eigenvalue weighted by Crippen LogP contribution is 2.22. The van der Waals surface area contributed by atoms with Crippen molar-refractivity contribution in [1.82, 2.24) is 19.7 Å². The molecule has 5 nitrogen and oxygen atoms in total. The predicted octanol–water partition coefficient (Wildman–Crippen LogP) is 2.18. The molecule has 0 aliphatic carbocycles. The molecule has 0 radical (unpaired) electrons. The summed E-state index contributed by atoms with van der Waals surface area (Å²) in [4.78, 5) is 8.69. The SMILES string of the molecule is CCCNc1nccnc1-c1cnn(CC)c1. The normalized spacial score (nSPS) is 10.5. The minimum atomic E-state index is 0.824. The topological polar surface area (TPSA) is 55.6 Å². The Morgan fingerprint density at radius 3 is 2.76 bits per heavy atom. The summed E-state index contributed by atoms with van der Waals surface area (Å²) in [5, 5.41) is 7.53. The van der Waals surface area contributed by atoms with Crippen LogP contribution in [0.4, 0.5) is 5.82 Å². The van der Waals surface area contributed by atoms with Gasteiger partial charge in [-0.25, -0.2) is 4.98 Å². The molecular formula is C12H17N5. The van der Waals surface area contributed by atoms with Crippen LogP contribution in [-0.4, -0.2) is 26.3 Å².